The van der Waals surface area contributed by atoms with Crippen LogP contribution in [0.1, 0.15) is 26.2 Å². The minimum atomic E-state index is -1.41. The van der Waals surface area contributed by atoms with Crippen LogP contribution in [0.25, 0.3) is 0 Å². The average Bonchev–Trinajstić information content (AvgIpc) is 3.26. The molecule has 3 fully saturated rings. The van der Waals surface area contributed by atoms with E-state index < -0.39 is 18.2 Å². The smallest absolute Gasteiger partial charge is 0.449 e. The lowest BCUT2D eigenvalue weighted by Crippen LogP contribution is -2.61. The van der Waals surface area contributed by atoms with E-state index in [1.165, 1.54) is 11.3 Å². The molecule has 150 valence electrons. The van der Waals surface area contributed by atoms with Gasteiger partial charge in [0, 0.05) is 35.7 Å². The molecule has 0 aromatic heterocycles. The van der Waals surface area contributed by atoms with Crippen LogP contribution >= 0.6 is 11.8 Å². The summed E-state index contributed by atoms with van der Waals surface area (Å²) in [6.45, 7) is 4.73. The molecular weight excluding hydrogens is 370 g/mol. The SMILES string of the molecule is C[C@@H](O)[C@H]1C(=O)N2C(OC(=O)O)=C(S[C@@H]3CN[C@H](C4CCN(C)C4)C3)C[C@H]12. The average molecular weight is 397 g/mol. The molecule has 4 aliphatic rings. The molecule has 6 atom stereocenters. The third kappa shape index (κ3) is 3.46. The number of likely N-dealkylation sites (tertiary alicyclic amines) is 1. The molecule has 0 saturated carbocycles. The Morgan fingerprint density at radius 1 is 1.44 bits per heavy atom. The second kappa shape index (κ2) is 7.27. The Hall–Kier alpha value is -1.29. The number of nitrogens with one attached hydrogen (secondary N) is 1. The highest BCUT2D eigenvalue weighted by atomic mass is 32.2. The van der Waals surface area contributed by atoms with Crippen molar-refractivity contribution in [3.05, 3.63) is 10.8 Å². The summed E-state index contributed by atoms with van der Waals surface area (Å²) in [4.78, 5) is 28.1. The number of aliphatic hydroxyl groups excluding tert-OH is 1. The van der Waals surface area contributed by atoms with Gasteiger partial charge in [-0.2, -0.15) is 0 Å². The highest BCUT2D eigenvalue weighted by Gasteiger charge is 2.57. The Morgan fingerprint density at radius 2 is 2.22 bits per heavy atom. The van der Waals surface area contributed by atoms with E-state index in [0.717, 1.165) is 31.0 Å². The molecule has 27 heavy (non-hydrogen) atoms. The lowest BCUT2D eigenvalue weighted by molar-refractivity contribution is -0.160. The summed E-state index contributed by atoms with van der Waals surface area (Å²) >= 11 is 1.63. The standard InChI is InChI=1S/C18H27N3O5S/c1-9(22)15-13-6-14(17(26-18(24)25)21(13)16(15)23)27-11-5-12(19-7-11)10-3-4-20(2)8-10/h9-13,15,19,22H,3-8H2,1-2H3,(H,24,25)/t9-,10?,11+,12+,13-,15-/m1/s1. The number of aliphatic hydroxyl groups is 1. The van der Waals surface area contributed by atoms with Crippen LogP contribution in [0.3, 0.4) is 0 Å². The molecule has 4 rings (SSSR count). The van der Waals surface area contributed by atoms with Crippen LogP contribution in [0.4, 0.5) is 4.79 Å². The number of carboxylic acid groups (broad SMARTS) is 1. The van der Waals surface area contributed by atoms with Gasteiger partial charge in [0.1, 0.15) is 0 Å². The molecular formula is C18H27N3O5S. The molecule has 9 heteroatoms. The number of nitrogens with zero attached hydrogens (tertiary/aromatic N) is 2. The second-order valence-corrected chi connectivity index (χ2v) is 9.54. The van der Waals surface area contributed by atoms with Crippen LogP contribution in [0.2, 0.25) is 0 Å². The Balaban J connectivity index is 1.43. The van der Waals surface area contributed by atoms with Gasteiger partial charge in [-0.15, -0.1) is 11.8 Å². The highest BCUT2D eigenvalue weighted by molar-refractivity contribution is 8.03. The Bertz CT molecular complexity index is 669. The van der Waals surface area contributed by atoms with Crippen molar-refractivity contribution in [2.75, 3.05) is 26.7 Å². The van der Waals surface area contributed by atoms with E-state index >= 15 is 0 Å². The van der Waals surface area contributed by atoms with Crippen molar-refractivity contribution in [3.8, 4) is 0 Å². The van der Waals surface area contributed by atoms with E-state index in [-0.39, 0.29) is 17.8 Å². The van der Waals surface area contributed by atoms with Gasteiger partial charge in [0.2, 0.25) is 11.8 Å². The maximum Gasteiger partial charge on any atom is 0.512 e. The number of hydrogen-bond donors (Lipinski definition) is 3. The third-order valence-corrected chi connectivity index (χ3v) is 7.57. The van der Waals surface area contributed by atoms with Gasteiger partial charge in [0.25, 0.3) is 0 Å². The number of carbonyl (C=O) groups is 2. The second-order valence-electron chi connectivity index (χ2n) is 8.14. The van der Waals surface area contributed by atoms with E-state index in [9.17, 15) is 14.7 Å². The Morgan fingerprint density at radius 3 is 2.85 bits per heavy atom. The summed E-state index contributed by atoms with van der Waals surface area (Å²) in [5, 5.41) is 22.9. The molecule has 0 aliphatic carbocycles. The summed E-state index contributed by atoms with van der Waals surface area (Å²) in [7, 11) is 2.15. The van der Waals surface area contributed by atoms with Gasteiger partial charge in [-0.25, -0.2) is 4.79 Å². The molecule has 4 heterocycles. The number of β-lactam (4-membered cyclic amide) rings is 1. The van der Waals surface area contributed by atoms with Crippen LogP contribution in [0.5, 0.6) is 0 Å². The number of rotatable bonds is 5. The summed E-state index contributed by atoms with van der Waals surface area (Å²) in [6.07, 6.45) is 0.648. The van der Waals surface area contributed by atoms with Crippen LogP contribution in [0, 0.1) is 11.8 Å². The van der Waals surface area contributed by atoms with Gasteiger partial charge in [-0.05, 0) is 39.3 Å². The molecule has 0 aromatic carbocycles. The van der Waals surface area contributed by atoms with Crippen LogP contribution < -0.4 is 5.32 Å². The normalized spacial score (nSPS) is 37.5. The van der Waals surface area contributed by atoms with Gasteiger partial charge in [-0.3, -0.25) is 9.69 Å². The van der Waals surface area contributed by atoms with Crippen LogP contribution in [-0.4, -0.2) is 82.2 Å². The van der Waals surface area contributed by atoms with Crippen LogP contribution in [0.15, 0.2) is 10.8 Å². The van der Waals surface area contributed by atoms with Crippen molar-refractivity contribution in [1.82, 2.24) is 15.1 Å². The first-order valence-electron chi connectivity index (χ1n) is 9.58. The van der Waals surface area contributed by atoms with Gasteiger partial charge in [-0.1, -0.05) is 0 Å². The molecule has 4 aliphatic heterocycles. The first-order valence-corrected chi connectivity index (χ1v) is 10.5. The number of thioether (sulfide) groups is 1. The van der Waals surface area contributed by atoms with Crippen LogP contribution in [-0.2, 0) is 9.53 Å². The monoisotopic (exact) mass is 397 g/mol. The van der Waals surface area contributed by atoms with Gasteiger partial charge in [0.15, 0.2) is 0 Å². The van der Waals surface area contributed by atoms with E-state index in [2.05, 4.69) is 17.3 Å². The fourth-order valence-electron chi connectivity index (χ4n) is 4.94. The molecule has 1 unspecified atom stereocenters. The van der Waals surface area contributed by atoms with Gasteiger partial charge < -0.3 is 25.2 Å². The zero-order valence-electron chi connectivity index (χ0n) is 15.6. The largest absolute Gasteiger partial charge is 0.512 e. The molecule has 0 spiro atoms. The predicted molar refractivity (Wildman–Crippen MR) is 99.9 cm³/mol. The first-order chi connectivity index (χ1) is 12.8. The topological polar surface area (TPSA) is 102 Å². The lowest BCUT2D eigenvalue weighted by Gasteiger charge is -2.44. The molecule has 3 saturated heterocycles. The summed E-state index contributed by atoms with van der Waals surface area (Å²) in [5.74, 6) is 0.0923. The Kier molecular flexibility index (Phi) is 5.13. The molecule has 1 amide bonds. The number of carbonyl (C=O) groups excluding carboxylic acids is 1. The zero-order chi connectivity index (χ0) is 19.3. The van der Waals surface area contributed by atoms with Crippen molar-refractivity contribution in [2.45, 2.75) is 49.6 Å². The van der Waals surface area contributed by atoms with Crippen molar-refractivity contribution in [3.63, 3.8) is 0 Å². The van der Waals surface area contributed by atoms with E-state index in [0.29, 0.717) is 23.6 Å². The van der Waals surface area contributed by atoms with Crippen molar-refractivity contribution in [1.29, 1.82) is 0 Å². The van der Waals surface area contributed by atoms with Crippen molar-refractivity contribution >= 4 is 23.8 Å². The lowest BCUT2D eigenvalue weighted by atomic mass is 9.84. The van der Waals surface area contributed by atoms with Gasteiger partial charge >= 0.3 is 6.16 Å². The zero-order valence-corrected chi connectivity index (χ0v) is 16.4. The number of fused-ring (bicyclic) bond motifs is 1. The predicted octanol–water partition coefficient (Wildman–Crippen LogP) is 0.877. The fourth-order valence-corrected chi connectivity index (χ4v) is 6.34. The first kappa shape index (κ1) is 19.0. The summed E-state index contributed by atoms with van der Waals surface area (Å²) in [6, 6.07) is 0.296. The van der Waals surface area contributed by atoms with E-state index in [1.54, 1.807) is 18.7 Å². The number of ether oxygens (including phenoxy) is 1. The minimum Gasteiger partial charge on any atom is -0.449 e. The third-order valence-electron chi connectivity index (χ3n) is 6.25. The summed E-state index contributed by atoms with van der Waals surface area (Å²) in [5.41, 5.74) is 0. The molecule has 3 N–H and O–H groups in total. The summed E-state index contributed by atoms with van der Waals surface area (Å²) < 4.78 is 4.98. The molecule has 0 radical (unpaired) electrons. The van der Waals surface area contributed by atoms with E-state index in [1.807, 2.05) is 0 Å². The van der Waals surface area contributed by atoms with Gasteiger partial charge in [0.05, 0.1) is 18.1 Å². The number of hydrogen-bond acceptors (Lipinski definition) is 7. The van der Waals surface area contributed by atoms with Crippen molar-refractivity contribution < 1.29 is 24.5 Å². The number of amides is 1. The van der Waals surface area contributed by atoms with E-state index in [4.69, 9.17) is 9.84 Å². The minimum absolute atomic E-state index is 0.156. The molecule has 0 bridgehead atoms. The quantitative estimate of drug-likeness (QED) is 0.464. The fraction of sp³-hybridized carbons (Fsp3) is 0.778. The molecule has 8 nitrogen and oxygen atoms in total. The molecule has 0 aromatic rings. The van der Waals surface area contributed by atoms with Crippen molar-refractivity contribution in [2.24, 2.45) is 11.8 Å². The maximum atomic E-state index is 12.3. The maximum absolute atomic E-state index is 12.3. The highest BCUT2D eigenvalue weighted by Crippen LogP contribution is 2.49. The Labute approximate surface area is 162 Å².